The van der Waals surface area contributed by atoms with Crippen LogP contribution in [-0.4, -0.2) is 26.0 Å². The van der Waals surface area contributed by atoms with Gasteiger partial charge in [-0.1, -0.05) is 17.7 Å². The van der Waals surface area contributed by atoms with Gasteiger partial charge in [-0.2, -0.15) is 0 Å². The highest BCUT2D eigenvalue weighted by Gasteiger charge is 2.30. The molecule has 1 saturated heterocycles. The molecule has 1 heterocycles. The number of nitrogens with two attached hydrogens (primary N) is 1. The van der Waals surface area contributed by atoms with Gasteiger partial charge in [-0.25, -0.2) is 8.42 Å². The van der Waals surface area contributed by atoms with Crippen LogP contribution in [0, 0.1) is 0 Å². The summed E-state index contributed by atoms with van der Waals surface area (Å²) in [6.45, 7) is 0.396. The zero-order valence-corrected chi connectivity index (χ0v) is 10.9. The van der Waals surface area contributed by atoms with Gasteiger partial charge in [0.15, 0.2) is 9.84 Å². The van der Waals surface area contributed by atoms with E-state index in [1.807, 2.05) is 0 Å². The van der Waals surface area contributed by atoms with Crippen molar-refractivity contribution in [1.29, 1.82) is 0 Å². The maximum absolute atomic E-state index is 11.6. The molecule has 0 radical (unpaired) electrons. The van der Waals surface area contributed by atoms with Crippen LogP contribution in [0.2, 0.25) is 5.02 Å². The molecule has 6 heteroatoms. The fraction of sp³-hybridized carbons (Fsp3) is 0.455. The summed E-state index contributed by atoms with van der Waals surface area (Å²) in [7, 11) is -2.92. The highest BCUT2D eigenvalue weighted by Crippen LogP contribution is 2.28. The van der Waals surface area contributed by atoms with Crippen LogP contribution in [0.5, 0.6) is 0 Å². The minimum Gasteiger partial charge on any atom is -0.396 e. The highest BCUT2D eigenvalue weighted by molar-refractivity contribution is 7.92. The van der Waals surface area contributed by atoms with E-state index in [1.54, 1.807) is 18.2 Å². The quantitative estimate of drug-likeness (QED) is 0.826. The van der Waals surface area contributed by atoms with E-state index < -0.39 is 9.84 Å². The lowest BCUT2D eigenvalue weighted by Crippen LogP contribution is -2.25. The average Bonchev–Trinajstić information content (AvgIpc) is 2.60. The van der Waals surface area contributed by atoms with E-state index in [0.717, 1.165) is 12.8 Å². The van der Waals surface area contributed by atoms with Crippen molar-refractivity contribution in [2.75, 3.05) is 23.3 Å². The van der Waals surface area contributed by atoms with Crippen LogP contribution in [0.25, 0.3) is 0 Å². The fourth-order valence-corrected chi connectivity index (χ4v) is 3.94. The monoisotopic (exact) mass is 274 g/mol. The summed E-state index contributed by atoms with van der Waals surface area (Å²) >= 11 is 5.88. The van der Waals surface area contributed by atoms with Crippen molar-refractivity contribution < 1.29 is 8.42 Å². The Morgan fingerprint density at radius 2 is 2.24 bits per heavy atom. The lowest BCUT2D eigenvalue weighted by atomic mass is 10.2. The molecule has 1 aromatic rings. The molecule has 1 unspecified atom stereocenters. The third-order valence-corrected chi connectivity index (χ3v) is 5.64. The summed E-state index contributed by atoms with van der Waals surface area (Å²) in [5, 5.41) is 3.23. The first-order chi connectivity index (χ1) is 8.00. The van der Waals surface area contributed by atoms with Crippen molar-refractivity contribution >= 4 is 32.8 Å². The number of hydrogen-bond donors (Lipinski definition) is 2. The van der Waals surface area contributed by atoms with Crippen LogP contribution in [0.15, 0.2) is 18.2 Å². The van der Waals surface area contributed by atoms with Gasteiger partial charge < -0.3 is 11.1 Å². The van der Waals surface area contributed by atoms with Crippen molar-refractivity contribution in [3.63, 3.8) is 0 Å². The summed E-state index contributed by atoms with van der Waals surface area (Å²) in [5.41, 5.74) is 6.95. The second kappa shape index (κ2) is 4.74. The van der Waals surface area contributed by atoms with Crippen molar-refractivity contribution in [1.82, 2.24) is 0 Å². The Morgan fingerprint density at radius 3 is 2.88 bits per heavy atom. The van der Waals surface area contributed by atoms with Gasteiger partial charge in [0.1, 0.15) is 0 Å². The van der Waals surface area contributed by atoms with E-state index in [-0.39, 0.29) is 5.25 Å². The van der Waals surface area contributed by atoms with Crippen molar-refractivity contribution in [3.05, 3.63) is 23.2 Å². The third-order valence-electron chi connectivity index (χ3n) is 3.04. The molecule has 3 N–H and O–H groups in total. The molecule has 0 aliphatic carbocycles. The molecular formula is C11H15ClN2O2S. The molecule has 0 amide bonds. The number of para-hydroxylation sites is 1. The molecule has 17 heavy (non-hydrogen) atoms. The zero-order chi connectivity index (χ0) is 12.5. The van der Waals surface area contributed by atoms with Crippen LogP contribution >= 0.6 is 11.6 Å². The van der Waals surface area contributed by atoms with Gasteiger partial charge in [0.25, 0.3) is 0 Å². The first kappa shape index (κ1) is 12.5. The van der Waals surface area contributed by atoms with E-state index in [0.29, 0.717) is 28.7 Å². The molecule has 2 rings (SSSR count). The molecule has 0 bridgehead atoms. The average molecular weight is 275 g/mol. The molecule has 1 aliphatic rings. The number of nitrogen functional groups attached to an aromatic ring is 1. The maximum Gasteiger partial charge on any atom is 0.154 e. The molecule has 0 aromatic heterocycles. The van der Waals surface area contributed by atoms with E-state index in [4.69, 9.17) is 17.3 Å². The van der Waals surface area contributed by atoms with Gasteiger partial charge in [0.05, 0.1) is 27.4 Å². The van der Waals surface area contributed by atoms with Crippen LogP contribution in [0.3, 0.4) is 0 Å². The minimum atomic E-state index is -2.92. The SMILES string of the molecule is Nc1c(Cl)cccc1NCC1CCCS1(=O)=O. The lowest BCUT2D eigenvalue weighted by molar-refractivity contribution is 0.591. The first-order valence-electron chi connectivity index (χ1n) is 5.50. The van der Waals surface area contributed by atoms with E-state index >= 15 is 0 Å². The predicted molar refractivity (Wildman–Crippen MR) is 71.2 cm³/mol. The smallest absolute Gasteiger partial charge is 0.154 e. The summed E-state index contributed by atoms with van der Waals surface area (Å²) in [5.74, 6) is 0.296. The lowest BCUT2D eigenvalue weighted by Gasteiger charge is -2.14. The molecule has 94 valence electrons. The van der Waals surface area contributed by atoms with Gasteiger partial charge in [0.2, 0.25) is 0 Å². The Hall–Kier alpha value is -0.940. The van der Waals surface area contributed by atoms with Crippen LogP contribution < -0.4 is 11.1 Å². The molecular weight excluding hydrogens is 260 g/mol. The number of hydrogen-bond acceptors (Lipinski definition) is 4. The van der Waals surface area contributed by atoms with Crippen molar-refractivity contribution in [2.45, 2.75) is 18.1 Å². The Kier molecular flexibility index (Phi) is 3.49. The Bertz CT molecular complexity index is 516. The second-order valence-electron chi connectivity index (χ2n) is 4.21. The van der Waals surface area contributed by atoms with E-state index in [9.17, 15) is 8.42 Å². The standard InChI is InChI=1S/C11H15ClN2O2S/c12-9-4-1-5-10(11(9)13)14-7-8-3-2-6-17(8,15)16/h1,4-5,8,14H,2-3,6-7,13H2. The van der Waals surface area contributed by atoms with E-state index in [1.165, 1.54) is 0 Å². The van der Waals surface area contributed by atoms with Gasteiger partial charge in [-0.15, -0.1) is 0 Å². The summed E-state index contributed by atoms with van der Waals surface area (Å²) in [6.07, 6.45) is 1.47. The summed E-state index contributed by atoms with van der Waals surface area (Å²) in [6, 6.07) is 5.28. The first-order valence-corrected chi connectivity index (χ1v) is 7.59. The molecule has 0 saturated carbocycles. The van der Waals surface area contributed by atoms with Gasteiger partial charge in [0, 0.05) is 6.54 Å². The topological polar surface area (TPSA) is 72.2 Å². The van der Waals surface area contributed by atoms with Gasteiger partial charge in [-0.05, 0) is 25.0 Å². The molecule has 0 spiro atoms. The second-order valence-corrected chi connectivity index (χ2v) is 7.02. The largest absolute Gasteiger partial charge is 0.396 e. The number of rotatable bonds is 3. The van der Waals surface area contributed by atoms with Crippen molar-refractivity contribution in [3.8, 4) is 0 Å². The molecule has 1 aromatic carbocycles. The normalized spacial score (nSPS) is 22.5. The Balaban J connectivity index is 2.06. The minimum absolute atomic E-state index is 0.296. The summed E-state index contributed by atoms with van der Waals surface area (Å²) < 4.78 is 23.3. The number of benzene rings is 1. The Labute approximate surface area is 106 Å². The highest BCUT2D eigenvalue weighted by atomic mass is 35.5. The Morgan fingerprint density at radius 1 is 1.47 bits per heavy atom. The number of nitrogens with one attached hydrogen (secondary N) is 1. The molecule has 1 aliphatic heterocycles. The number of halogens is 1. The third kappa shape index (κ3) is 2.66. The van der Waals surface area contributed by atoms with E-state index in [2.05, 4.69) is 5.32 Å². The molecule has 1 atom stereocenters. The van der Waals surface area contributed by atoms with Crippen LogP contribution in [-0.2, 0) is 9.84 Å². The number of sulfone groups is 1. The van der Waals surface area contributed by atoms with Crippen LogP contribution in [0.4, 0.5) is 11.4 Å². The molecule has 1 fully saturated rings. The molecule has 4 nitrogen and oxygen atoms in total. The number of anilines is 2. The maximum atomic E-state index is 11.6. The predicted octanol–water partition coefficient (Wildman–Crippen LogP) is 1.91. The zero-order valence-electron chi connectivity index (χ0n) is 9.32. The van der Waals surface area contributed by atoms with Gasteiger partial charge >= 0.3 is 0 Å². The fourth-order valence-electron chi connectivity index (χ4n) is 2.00. The van der Waals surface area contributed by atoms with Crippen LogP contribution in [0.1, 0.15) is 12.8 Å². The van der Waals surface area contributed by atoms with Gasteiger partial charge in [-0.3, -0.25) is 0 Å². The van der Waals surface area contributed by atoms with Crippen molar-refractivity contribution in [2.24, 2.45) is 0 Å². The summed E-state index contributed by atoms with van der Waals surface area (Å²) in [4.78, 5) is 0.